The largest absolute Gasteiger partial charge is 0.455 e. The van der Waals surface area contributed by atoms with Crippen LogP contribution >= 0.6 is 11.3 Å². The lowest BCUT2D eigenvalue weighted by Crippen LogP contribution is -2.00. The highest BCUT2D eigenvalue weighted by Gasteiger charge is 2.23. The van der Waals surface area contributed by atoms with Gasteiger partial charge in [-0.05, 0) is 52.6 Å². The van der Waals surface area contributed by atoms with Crippen molar-refractivity contribution >= 4 is 43.5 Å². The van der Waals surface area contributed by atoms with E-state index in [0.29, 0.717) is 17.5 Å². The molecule has 3 heterocycles. The summed E-state index contributed by atoms with van der Waals surface area (Å²) >= 11 is 1.67. The summed E-state index contributed by atoms with van der Waals surface area (Å²) in [5.41, 5.74) is 10.5. The molecule has 10 rings (SSSR count). The van der Waals surface area contributed by atoms with Gasteiger partial charge in [-0.1, -0.05) is 140 Å². The maximum atomic E-state index is 7.02. The first-order chi connectivity index (χ1) is 25.8. The molecule has 0 aliphatic rings. The van der Waals surface area contributed by atoms with Crippen molar-refractivity contribution in [2.24, 2.45) is 0 Å². The monoisotopic (exact) mass is 684 g/mol. The second-order valence-corrected chi connectivity index (χ2v) is 13.7. The van der Waals surface area contributed by atoms with Crippen LogP contribution in [0, 0.1) is 0 Å². The van der Waals surface area contributed by atoms with Crippen LogP contribution in [0.1, 0.15) is 0 Å². The number of thiazole rings is 1. The average molecular weight is 685 g/mol. The highest BCUT2D eigenvalue weighted by Crippen LogP contribution is 2.45. The second kappa shape index (κ2) is 12.5. The van der Waals surface area contributed by atoms with Crippen LogP contribution in [0.25, 0.3) is 99.1 Å². The highest BCUT2D eigenvalue weighted by molar-refractivity contribution is 7.21. The molecule has 0 radical (unpaired) electrons. The third-order valence-electron chi connectivity index (χ3n) is 9.39. The summed E-state index contributed by atoms with van der Waals surface area (Å²) < 4.78 is 8.15. The van der Waals surface area contributed by atoms with Crippen molar-refractivity contribution in [3.63, 3.8) is 0 Å². The number of aromatic nitrogens is 4. The molecule has 0 unspecified atom stereocenters. The molecule has 244 valence electrons. The van der Waals surface area contributed by atoms with Gasteiger partial charge in [-0.3, -0.25) is 0 Å². The number of hydrogen-bond acceptors (Lipinski definition) is 6. The minimum atomic E-state index is 0.543. The molecule has 0 aliphatic carbocycles. The van der Waals surface area contributed by atoms with Crippen molar-refractivity contribution in [1.29, 1.82) is 0 Å². The van der Waals surface area contributed by atoms with Crippen LogP contribution in [-0.4, -0.2) is 19.9 Å². The van der Waals surface area contributed by atoms with Crippen LogP contribution < -0.4 is 0 Å². The van der Waals surface area contributed by atoms with E-state index in [-0.39, 0.29) is 0 Å². The number of benzene rings is 7. The van der Waals surface area contributed by atoms with Crippen LogP contribution in [0.4, 0.5) is 0 Å². The maximum Gasteiger partial charge on any atom is 0.167 e. The van der Waals surface area contributed by atoms with Crippen molar-refractivity contribution in [2.45, 2.75) is 0 Å². The summed E-state index contributed by atoms with van der Waals surface area (Å²) in [6.07, 6.45) is 0. The Bertz CT molecular complexity index is 2870. The van der Waals surface area contributed by atoms with Crippen LogP contribution in [0.3, 0.4) is 0 Å². The summed E-state index contributed by atoms with van der Waals surface area (Å²) in [5, 5.41) is 2.94. The van der Waals surface area contributed by atoms with E-state index in [1.165, 1.54) is 0 Å². The second-order valence-electron chi connectivity index (χ2n) is 12.6. The molecule has 6 heteroatoms. The first kappa shape index (κ1) is 30.1. The Balaban J connectivity index is 1.22. The molecule has 0 spiro atoms. The highest BCUT2D eigenvalue weighted by atomic mass is 32.1. The molecule has 0 saturated heterocycles. The molecule has 0 fully saturated rings. The molecule has 0 atom stereocenters. The topological polar surface area (TPSA) is 64.7 Å². The van der Waals surface area contributed by atoms with Crippen LogP contribution in [-0.2, 0) is 0 Å². The van der Waals surface area contributed by atoms with E-state index >= 15 is 0 Å². The summed E-state index contributed by atoms with van der Waals surface area (Å²) in [7, 11) is 0. The lowest BCUT2D eigenvalue weighted by Gasteiger charge is -2.10. The molecule has 10 aromatic rings. The predicted octanol–water partition coefficient (Wildman–Crippen LogP) is 12.4. The van der Waals surface area contributed by atoms with Gasteiger partial charge in [0.1, 0.15) is 16.2 Å². The van der Waals surface area contributed by atoms with E-state index in [9.17, 15) is 0 Å². The van der Waals surface area contributed by atoms with Gasteiger partial charge < -0.3 is 4.42 Å². The normalized spacial score (nSPS) is 11.5. The third kappa shape index (κ3) is 5.25. The molecule has 52 heavy (non-hydrogen) atoms. The molecule has 0 aliphatic heterocycles. The predicted molar refractivity (Wildman–Crippen MR) is 213 cm³/mol. The van der Waals surface area contributed by atoms with Crippen molar-refractivity contribution < 1.29 is 4.42 Å². The van der Waals surface area contributed by atoms with Gasteiger partial charge >= 0.3 is 0 Å². The minimum Gasteiger partial charge on any atom is -0.455 e. The smallest absolute Gasteiger partial charge is 0.167 e. The molecular formula is C46H28N4OS. The molecule has 0 amide bonds. The summed E-state index contributed by atoms with van der Waals surface area (Å²) in [4.78, 5) is 20.3. The zero-order valence-corrected chi connectivity index (χ0v) is 28.6. The van der Waals surface area contributed by atoms with Crippen molar-refractivity contribution in [2.75, 3.05) is 0 Å². The van der Waals surface area contributed by atoms with E-state index < -0.39 is 0 Å². The van der Waals surface area contributed by atoms with Gasteiger partial charge in [-0.2, -0.15) is 0 Å². The number of nitrogens with zero attached hydrogens (tertiary/aromatic N) is 4. The molecule has 0 N–H and O–H groups in total. The molecular weight excluding hydrogens is 657 g/mol. The molecule has 0 bridgehead atoms. The summed E-state index contributed by atoms with van der Waals surface area (Å²) in [5.74, 6) is 1.73. The third-order valence-corrected chi connectivity index (χ3v) is 10.5. The first-order valence-electron chi connectivity index (χ1n) is 17.1. The zero-order chi connectivity index (χ0) is 34.4. The Morgan fingerprint density at radius 1 is 0.385 bits per heavy atom. The quantitative estimate of drug-likeness (QED) is 0.174. The molecule has 7 aromatic carbocycles. The van der Waals surface area contributed by atoms with Gasteiger partial charge in [-0.15, -0.1) is 11.3 Å². The van der Waals surface area contributed by atoms with Gasteiger partial charge in [0.15, 0.2) is 17.5 Å². The number of rotatable bonds is 6. The number of hydrogen-bond donors (Lipinski definition) is 0. The van der Waals surface area contributed by atoms with Crippen molar-refractivity contribution in [3.05, 3.63) is 170 Å². The van der Waals surface area contributed by atoms with Crippen molar-refractivity contribution in [1.82, 2.24) is 19.9 Å². The molecule has 5 nitrogen and oxygen atoms in total. The fraction of sp³-hybridized carbons (Fsp3) is 0. The van der Waals surface area contributed by atoms with Crippen LogP contribution in [0.2, 0.25) is 0 Å². The van der Waals surface area contributed by atoms with E-state index in [2.05, 4.69) is 115 Å². The molecule has 0 saturated carbocycles. The van der Waals surface area contributed by atoms with E-state index in [4.69, 9.17) is 24.4 Å². The number of furan rings is 1. The van der Waals surface area contributed by atoms with E-state index in [1.807, 2.05) is 54.6 Å². The van der Waals surface area contributed by atoms with Gasteiger partial charge in [0, 0.05) is 21.9 Å². The maximum absolute atomic E-state index is 7.02. The lowest BCUT2D eigenvalue weighted by molar-refractivity contribution is 0.670. The van der Waals surface area contributed by atoms with Gasteiger partial charge in [-0.25, -0.2) is 19.9 Å². The Kier molecular flexibility index (Phi) is 7.25. The lowest BCUT2D eigenvalue weighted by atomic mass is 9.96. The Morgan fingerprint density at radius 3 is 1.75 bits per heavy atom. The Labute approximate surface area is 303 Å². The number of fused-ring (bicyclic) bond motifs is 4. The average Bonchev–Trinajstić information content (AvgIpc) is 3.84. The standard InChI is InChI=1S/C46H28N4OS/c1-4-14-29(15-5-1)32-20-12-21-33(28-32)44-48-43(31-18-8-3-9-19-31)49-45(50-44)36-23-13-22-35-40-34(30-16-6-2-7-17-30)26-27-37(42(40)51-41(35)36)46-47-38-24-10-11-25-39(38)52-46/h1-28H. The Morgan fingerprint density at radius 2 is 0.981 bits per heavy atom. The van der Waals surface area contributed by atoms with Gasteiger partial charge in [0.05, 0.1) is 21.3 Å². The fourth-order valence-electron chi connectivity index (χ4n) is 6.90. The zero-order valence-electron chi connectivity index (χ0n) is 27.8. The summed E-state index contributed by atoms with van der Waals surface area (Å²) in [6.45, 7) is 0. The first-order valence-corrected chi connectivity index (χ1v) is 18.0. The van der Waals surface area contributed by atoms with E-state index in [1.54, 1.807) is 11.3 Å². The van der Waals surface area contributed by atoms with E-state index in [0.717, 1.165) is 81.7 Å². The molecule has 3 aromatic heterocycles. The van der Waals surface area contributed by atoms with Crippen molar-refractivity contribution in [3.8, 4) is 67.0 Å². The van der Waals surface area contributed by atoms with Crippen LogP contribution in [0.5, 0.6) is 0 Å². The fourth-order valence-corrected chi connectivity index (χ4v) is 7.89. The van der Waals surface area contributed by atoms with Gasteiger partial charge in [0.25, 0.3) is 0 Å². The van der Waals surface area contributed by atoms with Gasteiger partial charge in [0.2, 0.25) is 0 Å². The Hall–Kier alpha value is -6.76. The van der Waals surface area contributed by atoms with Crippen LogP contribution in [0.15, 0.2) is 174 Å². The minimum absolute atomic E-state index is 0.543. The summed E-state index contributed by atoms with van der Waals surface area (Å²) in [6, 6.07) is 58.0. The SMILES string of the molecule is c1ccc(-c2cccc(-c3nc(-c4ccccc4)nc(-c4cccc5c4oc4c(-c6nc7ccccc7s6)ccc(-c6ccccc6)c45)n3)c2)cc1. The number of para-hydroxylation sites is 2.